The molecule has 2 fully saturated rings. The molecule has 1 aliphatic heterocycles. The van der Waals surface area contributed by atoms with Crippen LogP contribution in [-0.4, -0.2) is 48.2 Å². The van der Waals surface area contributed by atoms with Gasteiger partial charge in [-0.05, 0) is 55.4 Å². The molecule has 0 radical (unpaired) electrons. The molecule has 0 atom stereocenters. The van der Waals surface area contributed by atoms with Gasteiger partial charge in [0.2, 0.25) is 5.95 Å². The molecule has 3 aromatic heterocycles. The third kappa shape index (κ3) is 3.90. The topological polar surface area (TPSA) is 144 Å². The van der Waals surface area contributed by atoms with Crippen molar-refractivity contribution in [3.05, 3.63) is 84.2 Å². The van der Waals surface area contributed by atoms with E-state index >= 15 is 0 Å². The van der Waals surface area contributed by atoms with Gasteiger partial charge in [0.1, 0.15) is 17.7 Å². The molecule has 2 aromatic carbocycles. The average molecular weight is 544 g/mol. The van der Waals surface area contributed by atoms with Crippen molar-refractivity contribution >= 4 is 29.1 Å². The van der Waals surface area contributed by atoms with E-state index in [2.05, 4.69) is 39.5 Å². The molecule has 0 unspecified atom stereocenters. The molecule has 5 N–H and O–H groups in total. The molecule has 3 aliphatic rings. The Morgan fingerprint density at radius 1 is 0.854 bits per heavy atom. The average Bonchev–Trinajstić information content (AvgIpc) is 3.76. The van der Waals surface area contributed by atoms with Gasteiger partial charge in [-0.2, -0.15) is 0 Å². The summed E-state index contributed by atoms with van der Waals surface area (Å²) in [7, 11) is 0. The Bertz CT molecular complexity index is 1870. The van der Waals surface area contributed by atoms with Gasteiger partial charge in [0.15, 0.2) is 11.3 Å². The number of hydrogen-bond donors (Lipinski definition) is 3. The minimum atomic E-state index is -0.604. The molecule has 0 bridgehead atoms. The monoisotopic (exact) mass is 543 g/mol. The lowest BCUT2D eigenvalue weighted by Gasteiger charge is -2.52. The first-order valence-corrected chi connectivity index (χ1v) is 13.9. The molecule has 0 saturated heterocycles. The quantitative estimate of drug-likeness (QED) is 0.304. The molecule has 2 saturated carbocycles. The number of rotatable bonds is 5. The molecule has 5 aromatic rings. The van der Waals surface area contributed by atoms with E-state index in [4.69, 9.17) is 21.4 Å². The zero-order chi connectivity index (χ0) is 27.8. The van der Waals surface area contributed by atoms with Crippen LogP contribution in [0.25, 0.3) is 39.3 Å². The molecule has 41 heavy (non-hydrogen) atoms. The van der Waals surface area contributed by atoms with E-state index in [9.17, 15) is 5.11 Å². The summed E-state index contributed by atoms with van der Waals surface area (Å²) in [5.41, 5.74) is 18.0. The number of fused-ring (bicyclic) bond motifs is 3. The highest BCUT2D eigenvalue weighted by Gasteiger charge is 2.58. The van der Waals surface area contributed by atoms with Gasteiger partial charge in [-0.25, -0.2) is 19.4 Å². The predicted octanol–water partition coefficient (Wildman–Crippen LogP) is 3.74. The van der Waals surface area contributed by atoms with Gasteiger partial charge in [0.25, 0.3) is 0 Å². The van der Waals surface area contributed by atoms with Gasteiger partial charge < -0.3 is 16.6 Å². The second-order valence-corrected chi connectivity index (χ2v) is 11.5. The molecule has 8 rings (SSSR count). The summed E-state index contributed by atoms with van der Waals surface area (Å²) in [6.07, 6.45) is 6.91. The molecular weight excluding hydrogens is 514 g/mol. The summed E-state index contributed by atoms with van der Waals surface area (Å²) in [5.74, 6) is 1.47. The number of aromatic nitrogens is 5. The van der Waals surface area contributed by atoms with Crippen LogP contribution in [0.2, 0.25) is 0 Å². The van der Waals surface area contributed by atoms with Crippen LogP contribution in [-0.2, 0) is 5.54 Å². The van der Waals surface area contributed by atoms with Gasteiger partial charge >= 0.3 is 0 Å². The van der Waals surface area contributed by atoms with E-state index in [1.165, 1.54) is 0 Å². The third-order valence-electron chi connectivity index (χ3n) is 8.64. The minimum Gasteiger partial charge on any atom is -0.389 e. The van der Waals surface area contributed by atoms with E-state index in [1.807, 2.05) is 57.8 Å². The minimum absolute atomic E-state index is 0.411. The van der Waals surface area contributed by atoms with Crippen molar-refractivity contribution in [2.24, 2.45) is 22.4 Å². The largest absolute Gasteiger partial charge is 0.389 e. The number of aliphatic imine (C=N–C) groups is 1. The summed E-state index contributed by atoms with van der Waals surface area (Å²) in [5, 5.41) is 19.7. The lowest BCUT2D eigenvalue weighted by Crippen LogP contribution is -2.60. The van der Waals surface area contributed by atoms with Crippen molar-refractivity contribution in [2.75, 3.05) is 11.4 Å². The predicted molar refractivity (Wildman–Crippen MR) is 158 cm³/mol. The second kappa shape index (κ2) is 8.66. The normalized spacial score (nSPS) is 24.0. The molecule has 2 aliphatic carbocycles. The Labute approximate surface area is 236 Å². The number of anilines is 1. The summed E-state index contributed by atoms with van der Waals surface area (Å²) in [6.45, 7) is 0.524. The van der Waals surface area contributed by atoms with Gasteiger partial charge in [-0.3, -0.25) is 4.90 Å². The molecule has 0 amide bonds. The van der Waals surface area contributed by atoms with E-state index in [0.29, 0.717) is 53.9 Å². The number of aliphatic hydroxyl groups is 1. The van der Waals surface area contributed by atoms with Crippen LogP contribution >= 0.6 is 0 Å². The van der Waals surface area contributed by atoms with Crippen LogP contribution in [0, 0.1) is 5.92 Å². The van der Waals surface area contributed by atoms with Crippen LogP contribution in [0.4, 0.5) is 5.95 Å². The Morgan fingerprint density at radius 2 is 1.59 bits per heavy atom. The van der Waals surface area contributed by atoms with E-state index < -0.39 is 11.1 Å². The van der Waals surface area contributed by atoms with Crippen LogP contribution in [0.3, 0.4) is 0 Å². The maximum absolute atomic E-state index is 10.9. The smallest absolute Gasteiger partial charge is 0.238 e. The highest BCUT2D eigenvalue weighted by atomic mass is 16.3. The van der Waals surface area contributed by atoms with Crippen molar-refractivity contribution in [3.8, 4) is 22.5 Å². The second-order valence-electron chi connectivity index (χ2n) is 11.5. The first kappa shape index (κ1) is 24.2. The summed E-state index contributed by atoms with van der Waals surface area (Å²) in [4.78, 5) is 16.4. The number of pyridine rings is 1. The van der Waals surface area contributed by atoms with Crippen LogP contribution < -0.4 is 16.4 Å². The first-order chi connectivity index (χ1) is 19.9. The number of nitrogens with two attached hydrogens (primary N) is 2. The van der Waals surface area contributed by atoms with Gasteiger partial charge in [0, 0.05) is 23.2 Å². The SMILES string of the molecule is NC1=CCN(c2nnc3ccc4nc(-c5ccc(C6(N)CC(O)(C7CC7)C6)cc5)c(-c5ccccc5)nc4n23)C=N1. The molecule has 0 spiro atoms. The maximum atomic E-state index is 10.9. The highest BCUT2D eigenvalue weighted by molar-refractivity contribution is 5.88. The Hall–Kier alpha value is -4.67. The van der Waals surface area contributed by atoms with Crippen molar-refractivity contribution in [2.45, 2.75) is 36.8 Å². The summed E-state index contributed by atoms with van der Waals surface area (Å²) >= 11 is 0. The first-order valence-electron chi connectivity index (χ1n) is 13.9. The molecular formula is C31H29N9O. The number of nitrogens with zero attached hydrogens (tertiary/aromatic N) is 7. The van der Waals surface area contributed by atoms with Crippen LogP contribution in [0.5, 0.6) is 0 Å². The summed E-state index contributed by atoms with van der Waals surface area (Å²) < 4.78 is 1.90. The van der Waals surface area contributed by atoms with Gasteiger partial charge in [0.05, 0.1) is 17.0 Å². The van der Waals surface area contributed by atoms with Gasteiger partial charge in [-0.1, -0.05) is 54.6 Å². The zero-order valence-corrected chi connectivity index (χ0v) is 22.4. The lowest BCUT2D eigenvalue weighted by atomic mass is 9.60. The molecule has 204 valence electrons. The number of hydrogen-bond acceptors (Lipinski definition) is 9. The van der Waals surface area contributed by atoms with E-state index in [0.717, 1.165) is 40.9 Å². The Kier molecular flexibility index (Phi) is 5.10. The van der Waals surface area contributed by atoms with Gasteiger partial charge in [-0.15, -0.1) is 10.2 Å². The van der Waals surface area contributed by atoms with Crippen molar-refractivity contribution in [3.63, 3.8) is 0 Å². The fourth-order valence-corrected chi connectivity index (χ4v) is 6.33. The van der Waals surface area contributed by atoms with E-state index in [-0.39, 0.29) is 0 Å². The zero-order valence-electron chi connectivity index (χ0n) is 22.4. The fraction of sp³-hybridized carbons (Fsp3) is 0.258. The van der Waals surface area contributed by atoms with Crippen LogP contribution in [0.1, 0.15) is 31.2 Å². The molecule has 10 heteroatoms. The number of benzene rings is 2. The maximum Gasteiger partial charge on any atom is 0.238 e. The summed E-state index contributed by atoms with van der Waals surface area (Å²) in [6, 6.07) is 22.1. The Morgan fingerprint density at radius 3 is 2.29 bits per heavy atom. The Balaban J connectivity index is 1.24. The standard InChI is InChI=1S/C31H29N9O/c32-24-14-15-39(18-34-24)29-38-37-25-13-12-23-28(40(25)29)36-27(19-4-2-1-3-5-19)26(35-23)20-6-8-21(9-7-20)30(33)16-31(41,17-30)22-10-11-22/h1-9,12-14,18,22,41H,10-11,15-17,32-33H2. The molecule has 4 heterocycles. The van der Waals surface area contributed by atoms with Crippen molar-refractivity contribution < 1.29 is 5.11 Å². The van der Waals surface area contributed by atoms with Crippen LogP contribution in [0.15, 0.2) is 83.6 Å². The highest BCUT2D eigenvalue weighted by Crippen LogP contribution is 2.57. The van der Waals surface area contributed by atoms with E-state index in [1.54, 1.807) is 6.34 Å². The molecule has 10 nitrogen and oxygen atoms in total. The lowest BCUT2D eigenvalue weighted by molar-refractivity contribution is -0.106. The van der Waals surface area contributed by atoms with Crippen molar-refractivity contribution in [1.82, 2.24) is 24.6 Å². The third-order valence-corrected chi connectivity index (χ3v) is 8.64. The van der Waals surface area contributed by atoms with Crippen molar-refractivity contribution in [1.29, 1.82) is 0 Å². The fourth-order valence-electron chi connectivity index (χ4n) is 6.33.